The Hall–Kier alpha value is -2.33. The lowest BCUT2D eigenvalue weighted by Crippen LogP contribution is -2.19. The van der Waals surface area contributed by atoms with Crippen LogP contribution in [0, 0.1) is 6.92 Å². The van der Waals surface area contributed by atoms with Crippen molar-refractivity contribution in [2.75, 3.05) is 13.2 Å². The zero-order valence-electron chi connectivity index (χ0n) is 14.0. The number of esters is 1. The minimum Gasteiger partial charge on any atom is -0.480 e. The smallest absolute Gasteiger partial charge is 0.344 e. The molecule has 1 aliphatic rings. The van der Waals surface area contributed by atoms with E-state index in [-0.39, 0.29) is 19.0 Å². The lowest BCUT2D eigenvalue weighted by molar-refractivity contribution is -0.144. The maximum Gasteiger partial charge on any atom is 0.344 e. The van der Waals surface area contributed by atoms with Crippen molar-refractivity contribution in [2.45, 2.75) is 26.2 Å². The van der Waals surface area contributed by atoms with Gasteiger partial charge in [0.05, 0.1) is 5.02 Å². The first kappa shape index (κ1) is 17.5. The highest BCUT2D eigenvalue weighted by Gasteiger charge is 2.15. The number of fused-ring (bicyclic) bond motifs is 1. The Morgan fingerprint density at radius 2 is 1.84 bits per heavy atom. The maximum absolute atomic E-state index is 12.2. The maximum atomic E-state index is 12.2. The average Bonchev–Trinajstić information content (AvgIpc) is 3.08. The number of benzene rings is 2. The number of aryl methyl sites for hydroxylation is 3. The fraction of sp³-hybridized carbons (Fsp3) is 0.300. The number of ether oxygens (including phenoxy) is 2. The molecule has 0 aromatic heterocycles. The largest absolute Gasteiger partial charge is 0.480 e. The Morgan fingerprint density at radius 3 is 2.68 bits per heavy atom. The lowest BCUT2D eigenvalue weighted by atomic mass is 10.0. The molecule has 2 aromatic carbocycles. The van der Waals surface area contributed by atoms with Crippen LogP contribution in [0.1, 0.15) is 33.5 Å². The summed E-state index contributed by atoms with van der Waals surface area (Å²) in [5, 5.41) is 0.424. The van der Waals surface area contributed by atoms with E-state index in [1.165, 1.54) is 11.1 Å². The van der Waals surface area contributed by atoms with Gasteiger partial charge in [-0.3, -0.25) is 4.79 Å². The summed E-state index contributed by atoms with van der Waals surface area (Å²) in [4.78, 5) is 24.0. The van der Waals surface area contributed by atoms with E-state index in [1.54, 1.807) is 18.2 Å². The van der Waals surface area contributed by atoms with Crippen LogP contribution < -0.4 is 4.74 Å². The van der Waals surface area contributed by atoms with Crippen LogP contribution in [0.4, 0.5) is 0 Å². The molecule has 25 heavy (non-hydrogen) atoms. The monoisotopic (exact) mass is 358 g/mol. The minimum atomic E-state index is -0.605. The molecule has 5 heteroatoms. The second kappa shape index (κ2) is 7.70. The van der Waals surface area contributed by atoms with Crippen LogP contribution in [-0.2, 0) is 22.4 Å². The van der Waals surface area contributed by atoms with Crippen molar-refractivity contribution in [3.8, 4) is 5.75 Å². The molecule has 0 amide bonds. The SMILES string of the molecule is Cc1ccc(Cl)c(OCC(=O)OCC(=O)c2ccc3c(c2)CCC3)c1. The summed E-state index contributed by atoms with van der Waals surface area (Å²) in [6.07, 6.45) is 3.19. The zero-order valence-corrected chi connectivity index (χ0v) is 14.8. The van der Waals surface area contributed by atoms with Crippen LogP contribution in [0.5, 0.6) is 5.75 Å². The highest BCUT2D eigenvalue weighted by Crippen LogP contribution is 2.25. The molecule has 0 bridgehead atoms. The number of rotatable bonds is 6. The van der Waals surface area contributed by atoms with Crippen LogP contribution >= 0.6 is 11.6 Å². The molecular formula is C20H19ClO4. The fourth-order valence-corrected chi connectivity index (χ4v) is 3.05. The summed E-state index contributed by atoms with van der Waals surface area (Å²) >= 11 is 6.00. The Balaban J connectivity index is 1.50. The first-order valence-corrected chi connectivity index (χ1v) is 8.60. The van der Waals surface area contributed by atoms with Gasteiger partial charge in [-0.2, -0.15) is 0 Å². The third kappa shape index (κ3) is 4.40. The summed E-state index contributed by atoms with van der Waals surface area (Å²) in [6.45, 7) is 1.32. The highest BCUT2D eigenvalue weighted by atomic mass is 35.5. The summed E-state index contributed by atoms with van der Waals surface area (Å²) in [7, 11) is 0. The first-order chi connectivity index (χ1) is 12.0. The van der Waals surface area contributed by atoms with Crippen LogP contribution in [0.3, 0.4) is 0 Å². The molecule has 2 aromatic rings. The molecule has 4 nitrogen and oxygen atoms in total. The van der Waals surface area contributed by atoms with Crippen LogP contribution in [0.25, 0.3) is 0 Å². The van der Waals surface area contributed by atoms with Gasteiger partial charge in [0.2, 0.25) is 0 Å². The normalized spacial score (nSPS) is 12.6. The summed E-state index contributed by atoms with van der Waals surface area (Å²) in [6, 6.07) is 11.0. The van der Waals surface area contributed by atoms with Crippen LogP contribution in [0.15, 0.2) is 36.4 Å². The molecule has 0 heterocycles. The van der Waals surface area contributed by atoms with Crippen molar-refractivity contribution < 1.29 is 19.1 Å². The van der Waals surface area contributed by atoms with Crippen molar-refractivity contribution in [2.24, 2.45) is 0 Å². The Kier molecular flexibility index (Phi) is 5.39. The third-order valence-corrected chi connectivity index (χ3v) is 4.53. The highest BCUT2D eigenvalue weighted by molar-refractivity contribution is 6.32. The molecule has 0 atom stereocenters. The van der Waals surface area contributed by atoms with Gasteiger partial charge in [0, 0.05) is 5.56 Å². The molecular weight excluding hydrogens is 340 g/mol. The van der Waals surface area contributed by atoms with Crippen LogP contribution in [0.2, 0.25) is 5.02 Å². The molecule has 0 fully saturated rings. The molecule has 3 rings (SSSR count). The molecule has 0 unspecified atom stereocenters. The molecule has 0 radical (unpaired) electrons. The van der Waals surface area contributed by atoms with Crippen molar-refractivity contribution in [1.29, 1.82) is 0 Å². The van der Waals surface area contributed by atoms with E-state index in [1.807, 2.05) is 25.1 Å². The number of carbonyl (C=O) groups is 2. The predicted octanol–water partition coefficient (Wildman–Crippen LogP) is 3.94. The van der Waals surface area contributed by atoms with E-state index in [0.717, 1.165) is 24.8 Å². The van der Waals surface area contributed by atoms with Crippen LogP contribution in [-0.4, -0.2) is 25.0 Å². The van der Waals surface area contributed by atoms with Gasteiger partial charge in [-0.15, -0.1) is 0 Å². The molecule has 130 valence electrons. The van der Waals surface area contributed by atoms with E-state index in [4.69, 9.17) is 21.1 Å². The third-order valence-electron chi connectivity index (χ3n) is 4.22. The number of ketones is 1. The van der Waals surface area contributed by atoms with Gasteiger partial charge in [0.15, 0.2) is 19.0 Å². The fourth-order valence-electron chi connectivity index (χ4n) is 2.87. The predicted molar refractivity (Wildman–Crippen MR) is 95.4 cm³/mol. The lowest BCUT2D eigenvalue weighted by Gasteiger charge is -2.09. The standard InChI is InChI=1S/C20H19ClO4/c1-13-5-8-17(21)19(9-13)24-12-20(23)25-11-18(22)16-7-6-14-3-2-4-15(14)10-16/h5-10H,2-4,11-12H2,1H3. The first-order valence-electron chi connectivity index (χ1n) is 8.22. The van der Waals surface area contributed by atoms with Crippen molar-refractivity contribution >= 4 is 23.4 Å². The second-order valence-electron chi connectivity index (χ2n) is 6.14. The minimum absolute atomic E-state index is 0.211. The number of Topliss-reactive ketones (excluding diaryl/α,β-unsaturated/α-hetero) is 1. The average molecular weight is 359 g/mol. The quantitative estimate of drug-likeness (QED) is 0.579. The summed E-state index contributed by atoms with van der Waals surface area (Å²) in [5.74, 6) is -0.396. The van der Waals surface area contributed by atoms with E-state index < -0.39 is 5.97 Å². The molecule has 0 N–H and O–H groups in total. The topological polar surface area (TPSA) is 52.6 Å². The molecule has 0 spiro atoms. The molecule has 0 saturated heterocycles. The van der Waals surface area contributed by atoms with Gasteiger partial charge in [-0.25, -0.2) is 4.79 Å². The van der Waals surface area contributed by atoms with Crippen molar-refractivity contribution in [3.63, 3.8) is 0 Å². The number of carbonyl (C=O) groups excluding carboxylic acids is 2. The number of hydrogen-bond donors (Lipinski definition) is 0. The van der Waals surface area contributed by atoms with Gasteiger partial charge < -0.3 is 9.47 Å². The molecule has 1 aliphatic carbocycles. The van der Waals surface area contributed by atoms with Crippen molar-refractivity contribution in [3.05, 3.63) is 63.7 Å². The second-order valence-corrected chi connectivity index (χ2v) is 6.55. The van der Waals surface area contributed by atoms with Gasteiger partial charge >= 0.3 is 5.97 Å². The molecule has 0 aliphatic heterocycles. The van der Waals surface area contributed by atoms with Gasteiger partial charge in [0.25, 0.3) is 0 Å². The Labute approximate surface area is 151 Å². The van der Waals surface area contributed by atoms with E-state index in [0.29, 0.717) is 16.3 Å². The Bertz CT molecular complexity index is 813. The summed E-state index contributed by atoms with van der Waals surface area (Å²) in [5.41, 5.74) is 4.07. The van der Waals surface area contributed by atoms with Crippen molar-refractivity contribution in [1.82, 2.24) is 0 Å². The van der Waals surface area contributed by atoms with E-state index >= 15 is 0 Å². The molecule has 0 saturated carbocycles. The Morgan fingerprint density at radius 1 is 1.04 bits per heavy atom. The van der Waals surface area contributed by atoms with E-state index in [9.17, 15) is 9.59 Å². The van der Waals surface area contributed by atoms with Gasteiger partial charge in [-0.1, -0.05) is 29.8 Å². The van der Waals surface area contributed by atoms with E-state index in [2.05, 4.69) is 0 Å². The van der Waals surface area contributed by atoms with Gasteiger partial charge in [-0.05, 0) is 61.1 Å². The number of halogens is 1. The number of hydrogen-bond acceptors (Lipinski definition) is 4. The van der Waals surface area contributed by atoms with Gasteiger partial charge in [0.1, 0.15) is 5.75 Å². The summed E-state index contributed by atoms with van der Waals surface area (Å²) < 4.78 is 10.4. The zero-order chi connectivity index (χ0) is 17.8.